The molecule has 148 valence electrons. The molecule has 7 nitrogen and oxygen atoms in total. The Labute approximate surface area is 167 Å². The van der Waals surface area contributed by atoms with Crippen LogP contribution in [0.1, 0.15) is 34.3 Å². The van der Waals surface area contributed by atoms with Gasteiger partial charge in [0.2, 0.25) is 10.0 Å². The maximum absolute atomic E-state index is 12.5. The number of benzene rings is 1. The smallest absolute Gasteiger partial charge is 0.263 e. The molecule has 0 aliphatic carbocycles. The van der Waals surface area contributed by atoms with Gasteiger partial charge in [0.05, 0.1) is 10.6 Å². The third kappa shape index (κ3) is 4.49. The molecule has 0 bridgehead atoms. The minimum Gasteiger partial charge on any atom is -0.397 e. The number of carbonyl (C=O) groups is 1. The van der Waals surface area contributed by atoms with Gasteiger partial charge in [0.1, 0.15) is 9.71 Å². The molecule has 28 heavy (non-hydrogen) atoms. The minimum absolute atomic E-state index is 0.0632. The Morgan fingerprint density at radius 2 is 1.86 bits per heavy atom. The van der Waals surface area contributed by atoms with Crippen LogP contribution in [0.3, 0.4) is 0 Å². The van der Waals surface area contributed by atoms with E-state index < -0.39 is 10.0 Å². The molecule has 2 heterocycles. The first kappa shape index (κ1) is 20.2. The van der Waals surface area contributed by atoms with Crippen LogP contribution in [0.5, 0.6) is 0 Å². The quantitative estimate of drug-likeness (QED) is 0.543. The van der Waals surface area contributed by atoms with E-state index in [1.54, 1.807) is 12.1 Å². The fraction of sp³-hybridized carbons (Fsp3) is 0.263. The van der Waals surface area contributed by atoms with Crippen LogP contribution in [-0.4, -0.2) is 25.9 Å². The van der Waals surface area contributed by atoms with Gasteiger partial charge in [-0.1, -0.05) is 25.5 Å². The lowest BCUT2D eigenvalue weighted by Gasteiger charge is -2.05. The number of thiophene rings is 1. The van der Waals surface area contributed by atoms with Crippen LogP contribution in [0.2, 0.25) is 0 Å². The number of nitrogens with zero attached hydrogens (tertiary/aromatic N) is 1. The van der Waals surface area contributed by atoms with Gasteiger partial charge in [0, 0.05) is 17.6 Å². The van der Waals surface area contributed by atoms with Crippen molar-refractivity contribution in [1.29, 1.82) is 0 Å². The molecule has 1 amide bonds. The summed E-state index contributed by atoms with van der Waals surface area (Å²) in [4.78, 5) is 18.4. The summed E-state index contributed by atoms with van der Waals surface area (Å²) < 4.78 is 22.5. The monoisotopic (exact) mass is 418 g/mol. The Hall–Kier alpha value is -2.49. The second-order valence-corrected chi connectivity index (χ2v) is 9.01. The molecular weight excluding hydrogens is 396 g/mol. The van der Waals surface area contributed by atoms with E-state index >= 15 is 0 Å². The molecule has 0 saturated carbocycles. The number of anilines is 1. The number of aryl methyl sites for hydroxylation is 1. The third-order valence-corrected chi connectivity index (χ3v) is 6.36. The van der Waals surface area contributed by atoms with E-state index in [4.69, 9.17) is 10.9 Å². The van der Waals surface area contributed by atoms with E-state index in [1.807, 2.05) is 12.1 Å². The number of nitrogens with two attached hydrogens (primary N) is 2. The van der Waals surface area contributed by atoms with Gasteiger partial charge in [-0.25, -0.2) is 18.5 Å². The number of aromatic nitrogens is 1. The molecule has 0 fully saturated rings. The van der Waals surface area contributed by atoms with E-state index in [0.717, 1.165) is 34.3 Å². The molecule has 3 aromatic rings. The molecule has 0 radical (unpaired) electrons. The minimum atomic E-state index is -3.70. The highest BCUT2D eigenvalue weighted by Gasteiger charge is 2.17. The van der Waals surface area contributed by atoms with E-state index in [9.17, 15) is 13.2 Å². The first-order valence-electron chi connectivity index (χ1n) is 8.87. The van der Waals surface area contributed by atoms with Gasteiger partial charge < -0.3 is 11.1 Å². The molecular formula is C19H22N4O3S2. The number of amides is 1. The number of carbonyl (C=O) groups excluding carboxylic acids is 1. The highest BCUT2D eigenvalue weighted by atomic mass is 32.2. The third-order valence-electron chi connectivity index (χ3n) is 4.31. The normalized spacial score (nSPS) is 11.6. The average Bonchev–Trinajstić information content (AvgIpc) is 2.98. The van der Waals surface area contributed by atoms with Crippen molar-refractivity contribution in [3.63, 3.8) is 0 Å². The molecule has 0 aliphatic heterocycles. The van der Waals surface area contributed by atoms with Crippen molar-refractivity contribution in [2.24, 2.45) is 5.14 Å². The molecule has 0 unspecified atom stereocenters. The van der Waals surface area contributed by atoms with E-state index in [0.29, 0.717) is 23.5 Å². The van der Waals surface area contributed by atoms with Crippen LogP contribution in [0.15, 0.2) is 41.3 Å². The number of fused-ring (bicyclic) bond motifs is 1. The van der Waals surface area contributed by atoms with Crippen LogP contribution in [-0.2, 0) is 22.9 Å². The number of primary sulfonamides is 1. The van der Waals surface area contributed by atoms with Crippen LogP contribution in [0.4, 0.5) is 5.69 Å². The summed E-state index contributed by atoms with van der Waals surface area (Å²) in [5, 5.41) is 8.74. The summed E-state index contributed by atoms with van der Waals surface area (Å²) in [5.74, 6) is -0.237. The van der Waals surface area contributed by atoms with Crippen molar-refractivity contribution < 1.29 is 13.2 Å². The van der Waals surface area contributed by atoms with Crippen molar-refractivity contribution in [3.05, 3.63) is 52.5 Å². The SMILES string of the molecule is CCCc1ccc2c(N)c(C(=O)NCCc3ccc(S(N)(=O)=O)cc3)sc2n1. The van der Waals surface area contributed by atoms with Crippen LogP contribution < -0.4 is 16.2 Å². The largest absolute Gasteiger partial charge is 0.397 e. The second kappa shape index (κ2) is 8.26. The van der Waals surface area contributed by atoms with Gasteiger partial charge in [-0.05, 0) is 42.7 Å². The van der Waals surface area contributed by atoms with Gasteiger partial charge >= 0.3 is 0 Å². The number of hydrogen-bond donors (Lipinski definition) is 3. The van der Waals surface area contributed by atoms with Gasteiger partial charge in [-0.2, -0.15) is 0 Å². The van der Waals surface area contributed by atoms with Crippen molar-refractivity contribution in [2.75, 3.05) is 12.3 Å². The summed E-state index contributed by atoms with van der Waals surface area (Å²) in [5.41, 5.74) is 8.48. The van der Waals surface area contributed by atoms with Gasteiger partial charge in [0.25, 0.3) is 5.91 Å². The molecule has 0 spiro atoms. The van der Waals surface area contributed by atoms with Crippen molar-refractivity contribution in [3.8, 4) is 0 Å². The Bertz CT molecular complexity index is 1110. The number of hydrogen-bond acceptors (Lipinski definition) is 6. The molecule has 0 atom stereocenters. The molecule has 5 N–H and O–H groups in total. The summed E-state index contributed by atoms with van der Waals surface area (Å²) in [6, 6.07) is 10.1. The van der Waals surface area contributed by atoms with Crippen molar-refractivity contribution in [1.82, 2.24) is 10.3 Å². The topological polar surface area (TPSA) is 128 Å². The Morgan fingerprint density at radius 1 is 1.14 bits per heavy atom. The lowest BCUT2D eigenvalue weighted by atomic mass is 10.1. The standard InChI is InChI=1S/C19H22N4O3S2/c1-2-3-13-6-9-15-16(20)17(27-19(15)23-13)18(24)22-11-10-12-4-7-14(8-5-12)28(21,25)26/h4-9H,2-3,10-11,20H2,1H3,(H,22,24)(H2,21,25,26). The predicted octanol–water partition coefficient (Wildman–Crippen LogP) is 2.45. The Morgan fingerprint density at radius 3 is 2.50 bits per heavy atom. The van der Waals surface area contributed by atoms with E-state index in [-0.39, 0.29) is 10.8 Å². The number of nitrogen functional groups attached to an aromatic ring is 1. The zero-order valence-electron chi connectivity index (χ0n) is 15.4. The van der Waals surface area contributed by atoms with E-state index in [2.05, 4.69) is 17.2 Å². The molecule has 1 aromatic carbocycles. The number of sulfonamides is 1. The number of rotatable bonds is 7. The predicted molar refractivity (Wildman–Crippen MR) is 112 cm³/mol. The van der Waals surface area contributed by atoms with E-state index in [1.165, 1.54) is 23.5 Å². The summed E-state index contributed by atoms with van der Waals surface area (Å²) in [6.45, 7) is 2.49. The molecule has 3 rings (SSSR count). The summed E-state index contributed by atoms with van der Waals surface area (Å²) in [7, 11) is -3.70. The zero-order chi connectivity index (χ0) is 20.3. The Balaban J connectivity index is 1.65. The summed E-state index contributed by atoms with van der Waals surface area (Å²) >= 11 is 1.29. The van der Waals surface area contributed by atoms with Gasteiger partial charge in [-0.3, -0.25) is 4.79 Å². The fourth-order valence-corrected chi connectivity index (χ4v) is 4.39. The Kier molecular flexibility index (Phi) is 5.97. The lowest BCUT2D eigenvalue weighted by Crippen LogP contribution is -2.25. The fourth-order valence-electron chi connectivity index (χ4n) is 2.85. The first-order valence-corrected chi connectivity index (χ1v) is 11.2. The highest BCUT2D eigenvalue weighted by Crippen LogP contribution is 2.32. The molecule has 0 saturated heterocycles. The molecule has 0 aliphatic rings. The first-order chi connectivity index (χ1) is 13.3. The number of nitrogens with one attached hydrogen (secondary N) is 1. The van der Waals surface area contributed by atoms with Gasteiger partial charge in [-0.15, -0.1) is 11.3 Å². The van der Waals surface area contributed by atoms with Crippen LogP contribution in [0.25, 0.3) is 10.2 Å². The molecule has 2 aromatic heterocycles. The second-order valence-electron chi connectivity index (χ2n) is 6.45. The van der Waals surface area contributed by atoms with Crippen LogP contribution >= 0.6 is 11.3 Å². The maximum atomic E-state index is 12.5. The van der Waals surface area contributed by atoms with Gasteiger partial charge in [0.15, 0.2) is 0 Å². The van der Waals surface area contributed by atoms with Crippen molar-refractivity contribution in [2.45, 2.75) is 31.1 Å². The highest BCUT2D eigenvalue weighted by molar-refractivity contribution is 7.89. The number of pyridine rings is 1. The van der Waals surface area contributed by atoms with Crippen LogP contribution in [0, 0.1) is 0 Å². The average molecular weight is 419 g/mol. The molecule has 9 heteroatoms. The van der Waals surface area contributed by atoms with Crippen molar-refractivity contribution >= 4 is 43.2 Å². The zero-order valence-corrected chi connectivity index (χ0v) is 17.1. The maximum Gasteiger partial charge on any atom is 0.263 e. The lowest BCUT2D eigenvalue weighted by molar-refractivity contribution is 0.0959. The summed E-state index contributed by atoms with van der Waals surface area (Å²) in [6.07, 6.45) is 2.45.